The highest BCUT2D eigenvalue weighted by atomic mass is 16.5. The molecule has 0 bridgehead atoms. The van der Waals surface area contributed by atoms with Crippen LogP contribution in [0.4, 0.5) is 0 Å². The largest absolute Gasteiger partial charge is 0.460 e. The van der Waals surface area contributed by atoms with Crippen LogP contribution in [0.25, 0.3) is 0 Å². The molecule has 96 valence electrons. The molecule has 1 aliphatic carbocycles. The first-order chi connectivity index (χ1) is 8.15. The van der Waals surface area contributed by atoms with E-state index >= 15 is 0 Å². The van der Waals surface area contributed by atoms with Crippen molar-refractivity contribution in [3.8, 4) is 0 Å². The summed E-state index contributed by atoms with van der Waals surface area (Å²) in [5.74, 6) is -1.66. The van der Waals surface area contributed by atoms with Gasteiger partial charge < -0.3 is 4.74 Å². The minimum atomic E-state index is -0.857. The molecule has 0 atom stereocenters. The molecule has 0 aliphatic heterocycles. The summed E-state index contributed by atoms with van der Waals surface area (Å²) in [6, 6.07) is 0. The zero-order valence-corrected chi connectivity index (χ0v) is 10.4. The molecule has 0 aromatic rings. The Kier molecular flexibility index (Phi) is 5.87. The van der Waals surface area contributed by atoms with Crippen LogP contribution in [-0.2, 0) is 19.1 Å². The van der Waals surface area contributed by atoms with Crippen molar-refractivity contribution in [2.75, 3.05) is 6.61 Å². The van der Waals surface area contributed by atoms with E-state index in [9.17, 15) is 14.4 Å². The third kappa shape index (κ3) is 4.67. The van der Waals surface area contributed by atoms with Crippen molar-refractivity contribution in [1.29, 1.82) is 0 Å². The lowest BCUT2D eigenvalue weighted by atomic mass is 9.98. The standard InChI is InChI=1S/C13H20O4/c1-2-3-8-17-13(16)12(15)9-11(14)10-6-4-5-7-10/h10H,2-9H2,1H3. The Bertz CT molecular complexity index is 290. The van der Waals surface area contributed by atoms with Crippen molar-refractivity contribution >= 4 is 17.5 Å². The Hall–Kier alpha value is -1.19. The van der Waals surface area contributed by atoms with Crippen LogP contribution >= 0.6 is 0 Å². The number of Topliss-reactive ketones (excluding diaryl/α,β-unsaturated/α-hetero) is 2. The summed E-state index contributed by atoms with van der Waals surface area (Å²) in [4.78, 5) is 34.3. The monoisotopic (exact) mass is 240 g/mol. The molecule has 1 aliphatic rings. The van der Waals surface area contributed by atoms with E-state index < -0.39 is 11.8 Å². The first-order valence-corrected chi connectivity index (χ1v) is 6.37. The fourth-order valence-corrected chi connectivity index (χ4v) is 2.01. The highest BCUT2D eigenvalue weighted by Gasteiger charge is 2.27. The van der Waals surface area contributed by atoms with Crippen LogP contribution in [0.2, 0.25) is 0 Å². The Morgan fingerprint density at radius 2 is 1.82 bits per heavy atom. The van der Waals surface area contributed by atoms with Crippen LogP contribution in [0, 0.1) is 5.92 Å². The zero-order valence-electron chi connectivity index (χ0n) is 10.4. The minimum Gasteiger partial charge on any atom is -0.460 e. The summed E-state index contributed by atoms with van der Waals surface area (Å²) >= 11 is 0. The van der Waals surface area contributed by atoms with Crippen molar-refractivity contribution in [3.05, 3.63) is 0 Å². The van der Waals surface area contributed by atoms with Gasteiger partial charge in [-0.05, 0) is 19.3 Å². The molecule has 1 fully saturated rings. The molecule has 0 unspecified atom stereocenters. The van der Waals surface area contributed by atoms with Gasteiger partial charge in [0.2, 0.25) is 5.78 Å². The van der Waals surface area contributed by atoms with E-state index in [0.717, 1.165) is 38.5 Å². The third-order valence-corrected chi connectivity index (χ3v) is 3.10. The molecule has 1 saturated carbocycles. The number of ether oxygens (including phenoxy) is 1. The number of carbonyl (C=O) groups is 3. The summed E-state index contributed by atoms with van der Waals surface area (Å²) in [7, 11) is 0. The molecule has 0 amide bonds. The lowest BCUT2D eigenvalue weighted by Crippen LogP contribution is -2.23. The molecule has 0 spiro atoms. The average Bonchev–Trinajstić information content (AvgIpc) is 2.82. The summed E-state index contributed by atoms with van der Waals surface area (Å²) in [6.45, 7) is 2.23. The van der Waals surface area contributed by atoms with Gasteiger partial charge in [0.15, 0.2) is 0 Å². The maximum atomic E-state index is 11.7. The Balaban J connectivity index is 2.27. The minimum absolute atomic E-state index is 0.0117. The Morgan fingerprint density at radius 3 is 2.41 bits per heavy atom. The lowest BCUT2D eigenvalue weighted by Gasteiger charge is -2.06. The van der Waals surface area contributed by atoms with Gasteiger partial charge in [-0.15, -0.1) is 0 Å². The molecule has 0 aromatic heterocycles. The fraction of sp³-hybridized carbons (Fsp3) is 0.769. The predicted octanol–water partition coefficient (Wildman–Crippen LogP) is 2.05. The summed E-state index contributed by atoms with van der Waals surface area (Å²) in [5, 5.41) is 0. The van der Waals surface area contributed by atoms with Crippen molar-refractivity contribution in [3.63, 3.8) is 0 Å². The van der Waals surface area contributed by atoms with Gasteiger partial charge in [-0.3, -0.25) is 9.59 Å². The smallest absolute Gasteiger partial charge is 0.375 e. The molecule has 0 N–H and O–H groups in total. The zero-order chi connectivity index (χ0) is 12.7. The van der Waals surface area contributed by atoms with Crippen molar-refractivity contribution in [2.24, 2.45) is 5.92 Å². The third-order valence-electron chi connectivity index (χ3n) is 3.10. The summed E-state index contributed by atoms with van der Waals surface area (Å²) in [5.41, 5.74) is 0. The number of carbonyl (C=O) groups excluding carboxylic acids is 3. The van der Waals surface area contributed by atoms with Gasteiger partial charge in [0, 0.05) is 5.92 Å². The van der Waals surface area contributed by atoms with Gasteiger partial charge in [0.25, 0.3) is 0 Å². The van der Waals surface area contributed by atoms with Crippen LogP contribution in [0.3, 0.4) is 0 Å². The highest BCUT2D eigenvalue weighted by Crippen LogP contribution is 2.26. The number of hydrogen-bond acceptors (Lipinski definition) is 4. The van der Waals surface area contributed by atoms with E-state index in [1.165, 1.54) is 0 Å². The molecule has 0 heterocycles. The number of esters is 1. The topological polar surface area (TPSA) is 60.4 Å². The molecule has 1 rings (SSSR count). The second-order valence-corrected chi connectivity index (χ2v) is 4.54. The van der Waals surface area contributed by atoms with Crippen molar-refractivity contribution < 1.29 is 19.1 Å². The molecule has 4 nitrogen and oxygen atoms in total. The first-order valence-electron chi connectivity index (χ1n) is 6.37. The average molecular weight is 240 g/mol. The van der Waals surface area contributed by atoms with Crippen LogP contribution in [0.15, 0.2) is 0 Å². The molecule has 0 saturated heterocycles. The van der Waals surface area contributed by atoms with Crippen LogP contribution in [0.5, 0.6) is 0 Å². The van der Waals surface area contributed by atoms with Gasteiger partial charge in [0.1, 0.15) is 5.78 Å². The SMILES string of the molecule is CCCCOC(=O)C(=O)CC(=O)C1CCCC1. The number of ketones is 2. The second kappa shape index (κ2) is 7.20. The highest BCUT2D eigenvalue weighted by molar-refractivity contribution is 6.37. The molecule has 4 heteroatoms. The fourth-order valence-electron chi connectivity index (χ4n) is 2.01. The Labute approximate surface area is 102 Å². The van der Waals surface area contributed by atoms with Gasteiger partial charge in [-0.2, -0.15) is 0 Å². The number of unbranched alkanes of at least 4 members (excludes halogenated alkanes) is 1. The van der Waals surface area contributed by atoms with Crippen LogP contribution in [-0.4, -0.2) is 24.1 Å². The summed E-state index contributed by atoms with van der Waals surface area (Å²) in [6.07, 6.45) is 5.18. The van der Waals surface area contributed by atoms with Gasteiger partial charge in [-0.25, -0.2) is 4.79 Å². The van der Waals surface area contributed by atoms with Gasteiger partial charge in [0.05, 0.1) is 13.0 Å². The van der Waals surface area contributed by atoms with Crippen LogP contribution in [0.1, 0.15) is 51.9 Å². The van der Waals surface area contributed by atoms with E-state index in [1.807, 2.05) is 6.92 Å². The molecule has 17 heavy (non-hydrogen) atoms. The molecular weight excluding hydrogens is 220 g/mol. The number of rotatable bonds is 7. The van der Waals surface area contributed by atoms with E-state index in [1.54, 1.807) is 0 Å². The molecule has 0 aromatic carbocycles. The van der Waals surface area contributed by atoms with E-state index in [4.69, 9.17) is 4.74 Å². The lowest BCUT2D eigenvalue weighted by molar-refractivity contribution is -0.155. The molecular formula is C13H20O4. The predicted molar refractivity (Wildman–Crippen MR) is 62.5 cm³/mol. The van der Waals surface area contributed by atoms with Crippen LogP contribution < -0.4 is 0 Å². The Morgan fingerprint density at radius 1 is 1.18 bits per heavy atom. The maximum absolute atomic E-state index is 11.7. The van der Waals surface area contributed by atoms with Gasteiger partial charge in [-0.1, -0.05) is 26.2 Å². The van der Waals surface area contributed by atoms with Crippen molar-refractivity contribution in [1.82, 2.24) is 0 Å². The van der Waals surface area contributed by atoms with Gasteiger partial charge >= 0.3 is 5.97 Å². The maximum Gasteiger partial charge on any atom is 0.375 e. The summed E-state index contributed by atoms with van der Waals surface area (Å²) < 4.78 is 4.77. The van der Waals surface area contributed by atoms with Crippen molar-refractivity contribution in [2.45, 2.75) is 51.9 Å². The normalized spacial score (nSPS) is 15.8. The van der Waals surface area contributed by atoms with E-state index in [-0.39, 0.29) is 24.7 Å². The quantitative estimate of drug-likeness (QED) is 0.296. The van der Waals surface area contributed by atoms with E-state index in [2.05, 4.69) is 0 Å². The molecule has 0 radical (unpaired) electrons. The first kappa shape index (κ1) is 13.9. The second-order valence-electron chi connectivity index (χ2n) is 4.54. The number of hydrogen-bond donors (Lipinski definition) is 0. The van der Waals surface area contributed by atoms with E-state index in [0.29, 0.717) is 0 Å².